The summed E-state index contributed by atoms with van der Waals surface area (Å²) in [5.74, 6) is -0.333. The highest BCUT2D eigenvalue weighted by molar-refractivity contribution is 7.16. The Labute approximate surface area is 111 Å². The first-order valence-electron chi connectivity index (χ1n) is 5.89. The molecule has 0 fully saturated rings. The molecule has 0 unspecified atom stereocenters. The summed E-state index contributed by atoms with van der Waals surface area (Å²) in [6, 6.07) is 0. The average Bonchev–Trinajstić information content (AvgIpc) is 2.66. The molecule has 1 heterocycles. The molecule has 1 amide bonds. The largest absolute Gasteiger partial charge is 0.469 e. The molecule has 0 spiro atoms. The van der Waals surface area contributed by atoms with Crippen LogP contribution in [0, 0.1) is 6.92 Å². The van der Waals surface area contributed by atoms with Crippen LogP contribution in [0.25, 0.3) is 0 Å². The van der Waals surface area contributed by atoms with E-state index >= 15 is 0 Å². The number of esters is 1. The van der Waals surface area contributed by atoms with Crippen LogP contribution in [0.2, 0.25) is 0 Å². The number of unbranched alkanes of at least 4 members (excludes halogenated alkanes) is 1. The highest BCUT2D eigenvalue weighted by atomic mass is 32.1. The second-order valence-corrected chi connectivity index (χ2v) is 5.02. The molecule has 0 aliphatic carbocycles. The number of carbonyl (C=O) groups excluding carboxylic acids is 2. The first kappa shape index (κ1) is 14.6. The van der Waals surface area contributed by atoms with Crippen molar-refractivity contribution in [2.75, 3.05) is 12.4 Å². The molecule has 0 saturated carbocycles. The Hall–Kier alpha value is -1.43. The van der Waals surface area contributed by atoms with Gasteiger partial charge in [0.2, 0.25) is 5.91 Å². The SMILES string of the molecule is CCCCC(=O)Nc1nc(C)c(CC(=O)OC)s1. The molecule has 1 N–H and O–H groups in total. The number of aryl methyl sites for hydroxylation is 1. The van der Waals surface area contributed by atoms with Crippen LogP contribution >= 0.6 is 11.3 Å². The van der Waals surface area contributed by atoms with Crippen LogP contribution in [0.1, 0.15) is 36.8 Å². The second-order valence-electron chi connectivity index (χ2n) is 3.93. The zero-order valence-electron chi connectivity index (χ0n) is 10.9. The molecule has 0 bridgehead atoms. The van der Waals surface area contributed by atoms with E-state index in [1.807, 2.05) is 13.8 Å². The number of nitrogens with one attached hydrogen (secondary N) is 1. The summed E-state index contributed by atoms with van der Waals surface area (Å²) in [5.41, 5.74) is 0.760. The van der Waals surface area contributed by atoms with Crippen molar-refractivity contribution in [2.24, 2.45) is 0 Å². The number of carbonyl (C=O) groups is 2. The van der Waals surface area contributed by atoms with Gasteiger partial charge in [-0.3, -0.25) is 9.59 Å². The van der Waals surface area contributed by atoms with Crippen molar-refractivity contribution in [1.82, 2.24) is 4.98 Å². The van der Waals surface area contributed by atoms with Crippen molar-refractivity contribution >= 4 is 28.3 Å². The van der Waals surface area contributed by atoms with Gasteiger partial charge in [0.25, 0.3) is 0 Å². The molecular formula is C12H18N2O3S. The number of aromatic nitrogens is 1. The van der Waals surface area contributed by atoms with Crippen molar-refractivity contribution in [3.05, 3.63) is 10.6 Å². The molecule has 1 aromatic rings. The van der Waals surface area contributed by atoms with Crippen molar-refractivity contribution in [3.8, 4) is 0 Å². The van der Waals surface area contributed by atoms with Crippen molar-refractivity contribution in [2.45, 2.75) is 39.5 Å². The van der Waals surface area contributed by atoms with E-state index in [0.717, 1.165) is 23.4 Å². The van der Waals surface area contributed by atoms with Gasteiger partial charge >= 0.3 is 5.97 Å². The maximum atomic E-state index is 11.5. The lowest BCUT2D eigenvalue weighted by molar-refractivity contribution is -0.139. The Balaban J connectivity index is 2.60. The fourth-order valence-corrected chi connectivity index (χ4v) is 2.33. The Bertz CT molecular complexity index is 429. The number of nitrogens with zero attached hydrogens (tertiary/aromatic N) is 1. The predicted octanol–water partition coefficient (Wildman–Crippen LogP) is 2.30. The van der Waals surface area contributed by atoms with Crippen LogP contribution in [0.15, 0.2) is 0 Å². The number of amides is 1. The maximum Gasteiger partial charge on any atom is 0.310 e. The van der Waals surface area contributed by atoms with Gasteiger partial charge in [0, 0.05) is 11.3 Å². The molecule has 100 valence electrons. The van der Waals surface area contributed by atoms with Crippen molar-refractivity contribution in [3.63, 3.8) is 0 Å². The number of hydrogen-bond acceptors (Lipinski definition) is 5. The van der Waals surface area contributed by atoms with Gasteiger partial charge in [-0.15, -0.1) is 11.3 Å². The highest BCUT2D eigenvalue weighted by Gasteiger charge is 2.13. The van der Waals surface area contributed by atoms with Crippen molar-refractivity contribution < 1.29 is 14.3 Å². The highest BCUT2D eigenvalue weighted by Crippen LogP contribution is 2.23. The molecule has 0 aliphatic heterocycles. The molecule has 0 aromatic carbocycles. The standard InChI is InChI=1S/C12H18N2O3S/c1-4-5-6-10(15)14-12-13-8(2)9(18-12)7-11(16)17-3/h4-7H2,1-3H3,(H,13,14,15). The third kappa shape index (κ3) is 4.44. The molecular weight excluding hydrogens is 252 g/mol. The Morgan fingerprint density at radius 2 is 2.17 bits per heavy atom. The van der Waals surface area contributed by atoms with Crippen LogP contribution < -0.4 is 5.32 Å². The van der Waals surface area contributed by atoms with Crippen LogP contribution in [-0.2, 0) is 20.7 Å². The summed E-state index contributed by atoms with van der Waals surface area (Å²) in [6.07, 6.45) is 2.55. The topological polar surface area (TPSA) is 68.3 Å². The predicted molar refractivity (Wildman–Crippen MR) is 70.7 cm³/mol. The van der Waals surface area contributed by atoms with Gasteiger partial charge < -0.3 is 10.1 Å². The van der Waals surface area contributed by atoms with Gasteiger partial charge in [-0.25, -0.2) is 4.98 Å². The van der Waals surface area contributed by atoms with E-state index in [9.17, 15) is 9.59 Å². The first-order chi connectivity index (χ1) is 8.56. The molecule has 0 radical (unpaired) electrons. The third-order valence-electron chi connectivity index (χ3n) is 2.43. The smallest absolute Gasteiger partial charge is 0.310 e. The Kier molecular flexibility index (Phi) is 5.77. The van der Waals surface area contributed by atoms with E-state index in [2.05, 4.69) is 15.0 Å². The fourth-order valence-electron chi connectivity index (χ4n) is 1.37. The van der Waals surface area contributed by atoms with E-state index in [0.29, 0.717) is 11.6 Å². The second kappa shape index (κ2) is 7.10. The molecule has 0 atom stereocenters. The van der Waals surface area contributed by atoms with Gasteiger partial charge in [-0.2, -0.15) is 0 Å². The lowest BCUT2D eigenvalue weighted by Crippen LogP contribution is -2.10. The van der Waals surface area contributed by atoms with Crippen LogP contribution in [-0.4, -0.2) is 24.0 Å². The lowest BCUT2D eigenvalue weighted by Gasteiger charge is -1.99. The molecule has 1 rings (SSSR count). The average molecular weight is 270 g/mol. The summed E-state index contributed by atoms with van der Waals surface area (Å²) in [7, 11) is 1.35. The number of ether oxygens (including phenoxy) is 1. The lowest BCUT2D eigenvalue weighted by atomic mass is 10.2. The van der Waals surface area contributed by atoms with E-state index < -0.39 is 0 Å². The zero-order chi connectivity index (χ0) is 13.5. The van der Waals surface area contributed by atoms with Gasteiger partial charge in [0.15, 0.2) is 5.13 Å². The van der Waals surface area contributed by atoms with Gasteiger partial charge in [0.05, 0.1) is 19.2 Å². The Morgan fingerprint density at radius 3 is 2.78 bits per heavy atom. The third-order valence-corrected chi connectivity index (χ3v) is 3.50. The normalized spacial score (nSPS) is 10.2. The van der Waals surface area contributed by atoms with E-state index in [-0.39, 0.29) is 18.3 Å². The quantitative estimate of drug-likeness (QED) is 0.805. The summed E-state index contributed by atoms with van der Waals surface area (Å²) in [5, 5.41) is 3.29. The molecule has 0 saturated heterocycles. The van der Waals surface area contributed by atoms with Crippen LogP contribution in [0.3, 0.4) is 0 Å². The summed E-state index contributed by atoms with van der Waals surface area (Å²) in [4.78, 5) is 27.8. The monoisotopic (exact) mass is 270 g/mol. The first-order valence-corrected chi connectivity index (χ1v) is 6.71. The molecule has 18 heavy (non-hydrogen) atoms. The van der Waals surface area contributed by atoms with Gasteiger partial charge in [-0.1, -0.05) is 13.3 Å². The van der Waals surface area contributed by atoms with Crippen molar-refractivity contribution in [1.29, 1.82) is 0 Å². The molecule has 6 heteroatoms. The van der Waals surface area contributed by atoms with Crippen LogP contribution in [0.5, 0.6) is 0 Å². The van der Waals surface area contributed by atoms with E-state index in [4.69, 9.17) is 0 Å². The van der Waals surface area contributed by atoms with Gasteiger partial charge in [0.1, 0.15) is 0 Å². The van der Waals surface area contributed by atoms with Gasteiger partial charge in [-0.05, 0) is 13.3 Å². The molecule has 5 nitrogen and oxygen atoms in total. The molecule has 0 aliphatic rings. The minimum atomic E-state index is -0.300. The summed E-state index contributed by atoms with van der Waals surface area (Å²) in [6.45, 7) is 3.85. The minimum Gasteiger partial charge on any atom is -0.469 e. The maximum absolute atomic E-state index is 11.5. The van der Waals surface area contributed by atoms with E-state index in [1.54, 1.807) is 0 Å². The van der Waals surface area contributed by atoms with Crippen LogP contribution in [0.4, 0.5) is 5.13 Å². The van der Waals surface area contributed by atoms with E-state index in [1.165, 1.54) is 18.4 Å². The fraction of sp³-hybridized carbons (Fsp3) is 0.583. The number of thiazole rings is 1. The number of rotatable bonds is 6. The summed E-state index contributed by atoms with van der Waals surface area (Å²) < 4.78 is 4.61. The minimum absolute atomic E-state index is 0.0322. The number of anilines is 1. The summed E-state index contributed by atoms with van der Waals surface area (Å²) >= 11 is 1.32. The number of hydrogen-bond donors (Lipinski definition) is 1. The zero-order valence-corrected chi connectivity index (χ0v) is 11.7. The number of methoxy groups -OCH3 is 1. The molecule has 1 aromatic heterocycles. The Morgan fingerprint density at radius 1 is 1.44 bits per heavy atom.